The van der Waals surface area contributed by atoms with Crippen LogP contribution in [-0.4, -0.2) is 29.6 Å². The van der Waals surface area contributed by atoms with Crippen LogP contribution in [0, 0.1) is 5.92 Å². The first-order valence-corrected chi connectivity index (χ1v) is 7.29. The summed E-state index contributed by atoms with van der Waals surface area (Å²) in [6.07, 6.45) is 5.60. The summed E-state index contributed by atoms with van der Waals surface area (Å²) in [6, 6.07) is 5.95. The summed E-state index contributed by atoms with van der Waals surface area (Å²) < 4.78 is 0. The van der Waals surface area contributed by atoms with Crippen LogP contribution in [0.15, 0.2) is 30.9 Å². The Morgan fingerprint density at radius 3 is 3.16 bits per heavy atom. The first-order valence-electron chi connectivity index (χ1n) is 7.29. The van der Waals surface area contributed by atoms with Crippen LogP contribution in [-0.2, 0) is 11.8 Å². The topological polar surface area (TPSA) is 23.5 Å². The third-order valence-electron chi connectivity index (χ3n) is 5.19. The van der Waals surface area contributed by atoms with E-state index in [4.69, 9.17) is 0 Å². The van der Waals surface area contributed by atoms with Gasteiger partial charge in [0.2, 0.25) is 0 Å². The number of nitrogens with zero attached hydrogens (tertiary/aromatic N) is 1. The van der Waals surface area contributed by atoms with E-state index < -0.39 is 0 Å². The quantitative estimate of drug-likeness (QED) is 0.823. The number of phenolic OH excluding ortho intramolecular Hbond substituents is 1. The minimum atomic E-state index is 0.240. The first-order chi connectivity index (χ1) is 9.13. The Hall–Kier alpha value is -1.28. The lowest BCUT2D eigenvalue weighted by atomic mass is 9.61. The number of rotatable bonds is 2. The highest BCUT2D eigenvalue weighted by molar-refractivity contribution is 5.42. The fourth-order valence-electron chi connectivity index (χ4n) is 3.96. The molecule has 0 amide bonds. The summed E-state index contributed by atoms with van der Waals surface area (Å²) in [7, 11) is 0. The maximum absolute atomic E-state index is 9.81. The fourth-order valence-corrected chi connectivity index (χ4v) is 3.96. The van der Waals surface area contributed by atoms with E-state index in [0.717, 1.165) is 26.1 Å². The van der Waals surface area contributed by atoms with Crippen molar-refractivity contribution in [1.29, 1.82) is 0 Å². The van der Waals surface area contributed by atoms with Crippen molar-refractivity contribution >= 4 is 0 Å². The van der Waals surface area contributed by atoms with Gasteiger partial charge in [-0.2, -0.15) is 0 Å². The normalized spacial score (nSPS) is 30.5. The molecule has 0 bridgehead atoms. The number of fused-ring (bicyclic) bond motifs is 3. The van der Waals surface area contributed by atoms with Gasteiger partial charge in [-0.15, -0.1) is 6.58 Å². The molecule has 2 aliphatic rings. The molecule has 1 aromatic carbocycles. The average Bonchev–Trinajstić information content (AvgIpc) is 2.40. The highest BCUT2D eigenvalue weighted by Gasteiger charge is 2.43. The zero-order valence-corrected chi connectivity index (χ0v) is 11.7. The molecule has 1 N–H and O–H groups in total. The Morgan fingerprint density at radius 2 is 2.37 bits per heavy atom. The largest absolute Gasteiger partial charge is 0.508 e. The minimum absolute atomic E-state index is 0.240. The monoisotopic (exact) mass is 257 g/mol. The van der Waals surface area contributed by atoms with Gasteiger partial charge in [0, 0.05) is 13.1 Å². The van der Waals surface area contributed by atoms with Crippen molar-refractivity contribution in [3.8, 4) is 5.75 Å². The molecule has 1 aliphatic carbocycles. The summed E-state index contributed by atoms with van der Waals surface area (Å²) >= 11 is 0. The SMILES string of the molecule is C=CCN1CCC2(C)c3cc(O)ccc3CCC2C1. The van der Waals surface area contributed by atoms with Crippen molar-refractivity contribution in [3.05, 3.63) is 42.0 Å². The Labute approximate surface area is 115 Å². The third kappa shape index (κ3) is 2.08. The predicted molar refractivity (Wildman–Crippen MR) is 78.5 cm³/mol. The molecular weight excluding hydrogens is 234 g/mol. The van der Waals surface area contributed by atoms with E-state index in [9.17, 15) is 5.11 Å². The fraction of sp³-hybridized carbons (Fsp3) is 0.529. The van der Waals surface area contributed by atoms with Gasteiger partial charge in [0.15, 0.2) is 0 Å². The number of aryl methyl sites for hydroxylation is 1. The van der Waals surface area contributed by atoms with Crippen molar-refractivity contribution in [1.82, 2.24) is 4.90 Å². The van der Waals surface area contributed by atoms with Gasteiger partial charge < -0.3 is 5.11 Å². The summed E-state index contributed by atoms with van der Waals surface area (Å²) in [4.78, 5) is 2.51. The van der Waals surface area contributed by atoms with Crippen LogP contribution in [0.25, 0.3) is 0 Å². The zero-order valence-electron chi connectivity index (χ0n) is 11.7. The van der Waals surface area contributed by atoms with Crippen LogP contribution < -0.4 is 0 Å². The second-order valence-corrected chi connectivity index (χ2v) is 6.29. The summed E-state index contributed by atoms with van der Waals surface area (Å²) in [6.45, 7) is 9.54. The molecule has 19 heavy (non-hydrogen) atoms. The van der Waals surface area contributed by atoms with Crippen molar-refractivity contribution in [2.45, 2.75) is 31.6 Å². The number of likely N-dealkylation sites (tertiary alicyclic amines) is 1. The van der Waals surface area contributed by atoms with Crippen molar-refractivity contribution in [2.75, 3.05) is 19.6 Å². The smallest absolute Gasteiger partial charge is 0.115 e. The second kappa shape index (κ2) is 4.68. The van der Waals surface area contributed by atoms with Crippen LogP contribution in [0.4, 0.5) is 0 Å². The highest BCUT2D eigenvalue weighted by atomic mass is 16.3. The number of hydrogen-bond acceptors (Lipinski definition) is 2. The molecule has 1 aromatic rings. The molecule has 0 radical (unpaired) electrons. The van der Waals surface area contributed by atoms with Crippen LogP contribution in [0.1, 0.15) is 30.9 Å². The van der Waals surface area contributed by atoms with Gasteiger partial charge in [-0.3, -0.25) is 4.90 Å². The highest BCUT2D eigenvalue weighted by Crippen LogP contribution is 2.47. The third-order valence-corrected chi connectivity index (χ3v) is 5.19. The average molecular weight is 257 g/mol. The lowest BCUT2D eigenvalue weighted by Gasteiger charge is -2.49. The zero-order chi connectivity index (χ0) is 13.5. The van der Waals surface area contributed by atoms with Gasteiger partial charge >= 0.3 is 0 Å². The van der Waals surface area contributed by atoms with E-state index in [2.05, 4.69) is 24.5 Å². The van der Waals surface area contributed by atoms with Crippen molar-refractivity contribution < 1.29 is 5.11 Å². The summed E-state index contributed by atoms with van der Waals surface area (Å²) in [5.41, 5.74) is 3.07. The molecule has 2 atom stereocenters. The van der Waals surface area contributed by atoms with E-state index >= 15 is 0 Å². The number of aromatic hydroxyl groups is 1. The number of phenols is 1. The molecule has 1 aliphatic heterocycles. The molecule has 102 valence electrons. The van der Waals surface area contributed by atoms with Crippen LogP contribution in [0.5, 0.6) is 5.75 Å². The standard InChI is InChI=1S/C17H23NO/c1-3-9-18-10-8-17(2)14(12-18)6-4-13-5-7-15(19)11-16(13)17/h3,5,7,11,14,19H,1,4,6,8-10,12H2,2H3. The van der Waals surface area contributed by atoms with Crippen LogP contribution >= 0.6 is 0 Å². The van der Waals surface area contributed by atoms with Gasteiger partial charge in [0.1, 0.15) is 5.75 Å². The molecule has 0 aromatic heterocycles. The van der Waals surface area contributed by atoms with Gasteiger partial charge in [-0.05, 0) is 60.4 Å². The first kappa shape index (κ1) is 12.7. The maximum Gasteiger partial charge on any atom is 0.115 e. The van der Waals surface area contributed by atoms with Gasteiger partial charge in [-0.25, -0.2) is 0 Å². The van der Waals surface area contributed by atoms with Crippen LogP contribution in [0.2, 0.25) is 0 Å². The van der Waals surface area contributed by atoms with E-state index in [-0.39, 0.29) is 5.41 Å². The van der Waals surface area contributed by atoms with E-state index in [1.807, 2.05) is 18.2 Å². The number of piperidine rings is 1. The predicted octanol–water partition coefficient (Wildman–Crippen LogP) is 3.10. The molecule has 1 heterocycles. The Kier molecular flexibility index (Phi) is 3.14. The molecule has 1 fully saturated rings. The lowest BCUT2D eigenvalue weighted by molar-refractivity contribution is 0.0957. The van der Waals surface area contributed by atoms with Crippen molar-refractivity contribution in [3.63, 3.8) is 0 Å². The summed E-state index contributed by atoms with van der Waals surface area (Å²) in [5, 5.41) is 9.81. The molecule has 2 heteroatoms. The minimum Gasteiger partial charge on any atom is -0.508 e. The molecule has 1 saturated heterocycles. The molecule has 2 unspecified atom stereocenters. The second-order valence-electron chi connectivity index (χ2n) is 6.29. The van der Waals surface area contributed by atoms with Crippen molar-refractivity contribution in [2.24, 2.45) is 5.92 Å². The van der Waals surface area contributed by atoms with Gasteiger partial charge in [-0.1, -0.05) is 19.1 Å². The number of hydrogen-bond donors (Lipinski definition) is 1. The Bertz CT molecular complexity index is 496. The van der Waals surface area contributed by atoms with E-state index in [1.54, 1.807) is 0 Å². The lowest BCUT2D eigenvalue weighted by Crippen LogP contribution is -2.50. The van der Waals surface area contributed by atoms with E-state index in [0.29, 0.717) is 11.7 Å². The Morgan fingerprint density at radius 1 is 1.53 bits per heavy atom. The maximum atomic E-state index is 9.81. The van der Waals surface area contributed by atoms with E-state index in [1.165, 1.54) is 24.0 Å². The molecule has 0 saturated carbocycles. The summed E-state index contributed by atoms with van der Waals surface area (Å²) in [5.74, 6) is 1.12. The molecule has 0 spiro atoms. The molecule has 3 rings (SSSR count). The molecular formula is C17H23NO. The Balaban J connectivity index is 1.93. The molecule has 2 nitrogen and oxygen atoms in total. The van der Waals surface area contributed by atoms with Gasteiger partial charge in [0.05, 0.1) is 0 Å². The van der Waals surface area contributed by atoms with Crippen LogP contribution in [0.3, 0.4) is 0 Å². The van der Waals surface area contributed by atoms with Gasteiger partial charge in [0.25, 0.3) is 0 Å². The number of benzene rings is 1.